The Hall–Kier alpha value is -1.05. The van der Waals surface area contributed by atoms with Crippen molar-refractivity contribution in [2.24, 2.45) is 0 Å². The van der Waals surface area contributed by atoms with Crippen molar-refractivity contribution in [3.8, 4) is 0 Å². The van der Waals surface area contributed by atoms with Crippen molar-refractivity contribution in [2.75, 3.05) is 6.61 Å². The van der Waals surface area contributed by atoms with Gasteiger partial charge in [-0.1, -0.05) is 50.8 Å². The van der Waals surface area contributed by atoms with Crippen LogP contribution in [0.2, 0.25) is 0 Å². The lowest BCUT2D eigenvalue weighted by atomic mass is 10.1. The summed E-state index contributed by atoms with van der Waals surface area (Å²) in [6.45, 7) is 6.47. The molecule has 0 heterocycles. The Balaban J connectivity index is 3.19. The van der Waals surface area contributed by atoms with E-state index in [1.54, 1.807) is 0 Å². The second-order valence-electron chi connectivity index (χ2n) is 5.90. The average molecular weight is 309 g/mol. The Morgan fingerprint density at radius 3 is 2.23 bits per heavy atom. The Morgan fingerprint density at radius 2 is 1.50 bits per heavy atom. The minimum atomic E-state index is -0.0162. The first-order valence-electron chi connectivity index (χ1n) is 9.22. The van der Waals surface area contributed by atoms with E-state index in [0.29, 0.717) is 13.0 Å². The van der Waals surface area contributed by atoms with Crippen LogP contribution in [0.15, 0.2) is 24.8 Å². The second kappa shape index (κ2) is 18.0. The lowest BCUT2D eigenvalue weighted by Crippen LogP contribution is -2.05. The molecule has 0 aliphatic carbocycles. The summed E-state index contributed by atoms with van der Waals surface area (Å²) in [6, 6.07) is 0. The minimum Gasteiger partial charge on any atom is -0.466 e. The number of ether oxygens (including phenoxy) is 1. The van der Waals surface area contributed by atoms with Crippen LogP contribution in [0, 0.1) is 0 Å². The summed E-state index contributed by atoms with van der Waals surface area (Å²) in [7, 11) is 0. The molecule has 0 unspecified atom stereocenters. The molecule has 0 N–H and O–H groups in total. The normalized spacial score (nSPS) is 11.0. The Bertz CT molecular complexity index is 281. The lowest BCUT2D eigenvalue weighted by molar-refractivity contribution is -0.143. The van der Waals surface area contributed by atoms with Crippen molar-refractivity contribution < 1.29 is 9.53 Å². The lowest BCUT2D eigenvalue weighted by Gasteiger charge is -2.04. The number of allylic oxidation sites excluding steroid dienone is 3. The molecule has 0 spiro atoms. The molecule has 2 nitrogen and oxygen atoms in total. The highest BCUT2D eigenvalue weighted by Crippen LogP contribution is 2.09. The number of hydrogen-bond acceptors (Lipinski definition) is 2. The molecule has 0 aromatic rings. The van der Waals surface area contributed by atoms with Gasteiger partial charge in [-0.25, -0.2) is 0 Å². The molecule has 0 atom stereocenters. The number of carbonyl (C=O) groups is 1. The van der Waals surface area contributed by atoms with Gasteiger partial charge in [0.15, 0.2) is 0 Å². The van der Waals surface area contributed by atoms with Gasteiger partial charge in [0.05, 0.1) is 6.61 Å². The highest BCUT2D eigenvalue weighted by Gasteiger charge is 2.02. The molecule has 0 bridgehead atoms. The minimum absolute atomic E-state index is 0.0162. The molecule has 0 aromatic heterocycles. The van der Waals surface area contributed by atoms with Gasteiger partial charge >= 0.3 is 5.97 Å². The number of carbonyl (C=O) groups excluding carboxylic acids is 1. The number of esters is 1. The fourth-order valence-electron chi connectivity index (χ4n) is 2.35. The molecule has 22 heavy (non-hydrogen) atoms. The third kappa shape index (κ3) is 17.0. The van der Waals surface area contributed by atoms with E-state index in [1.165, 1.54) is 32.1 Å². The molecule has 0 saturated heterocycles. The van der Waals surface area contributed by atoms with Crippen LogP contribution in [0.25, 0.3) is 0 Å². The summed E-state index contributed by atoms with van der Waals surface area (Å²) >= 11 is 0. The Morgan fingerprint density at radius 1 is 0.864 bits per heavy atom. The topological polar surface area (TPSA) is 26.3 Å². The first-order chi connectivity index (χ1) is 10.8. The summed E-state index contributed by atoms with van der Waals surface area (Å²) in [5, 5.41) is 0. The van der Waals surface area contributed by atoms with Crippen LogP contribution in [0.3, 0.4) is 0 Å². The predicted molar refractivity (Wildman–Crippen MR) is 96.0 cm³/mol. The third-order valence-electron chi connectivity index (χ3n) is 3.72. The number of hydrogen-bond donors (Lipinski definition) is 0. The van der Waals surface area contributed by atoms with Crippen molar-refractivity contribution >= 4 is 5.97 Å². The van der Waals surface area contributed by atoms with Gasteiger partial charge in [0.2, 0.25) is 0 Å². The van der Waals surface area contributed by atoms with E-state index < -0.39 is 0 Å². The maximum atomic E-state index is 11.5. The van der Waals surface area contributed by atoms with Gasteiger partial charge in [-0.05, 0) is 51.4 Å². The molecule has 0 amide bonds. The fraction of sp³-hybridized carbons (Fsp3) is 0.750. The maximum absolute atomic E-state index is 11.5. The Kier molecular flexibility index (Phi) is 17.1. The summed E-state index contributed by atoms with van der Waals surface area (Å²) in [6.07, 6.45) is 20.9. The van der Waals surface area contributed by atoms with E-state index in [4.69, 9.17) is 4.74 Å². The number of rotatable bonds is 16. The van der Waals surface area contributed by atoms with E-state index in [2.05, 4.69) is 25.7 Å². The van der Waals surface area contributed by atoms with Crippen molar-refractivity contribution in [1.29, 1.82) is 0 Å². The molecule has 0 fully saturated rings. The van der Waals surface area contributed by atoms with Gasteiger partial charge in [-0.3, -0.25) is 4.79 Å². The average Bonchev–Trinajstić information content (AvgIpc) is 2.52. The van der Waals surface area contributed by atoms with Crippen molar-refractivity contribution in [3.05, 3.63) is 24.8 Å². The summed E-state index contributed by atoms with van der Waals surface area (Å²) in [4.78, 5) is 11.5. The highest BCUT2D eigenvalue weighted by molar-refractivity contribution is 5.69. The predicted octanol–water partition coefficient (Wildman–Crippen LogP) is 6.36. The molecule has 0 rings (SSSR count). The van der Waals surface area contributed by atoms with E-state index in [1.807, 2.05) is 6.08 Å². The molecule has 0 saturated carbocycles. The van der Waals surface area contributed by atoms with Crippen LogP contribution in [-0.4, -0.2) is 12.6 Å². The van der Waals surface area contributed by atoms with Crippen LogP contribution in [0.5, 0.6) is 0 Å². The molecule has 0 aromatic carbocycles. The molecular formula is C20H36O2. The molecule has 0 aliphatic heterocycles. The van der Waals surface area contributed by atoms with Crippen LogP contribution < -0.4 is 0 Å². The zero-order chi connectivity index (χ0) is 16.3. The fourth-order valence-corrected chi connectivity index (χ4v) is 2.35. The summed E-state index contributed by atoms with van der Waals surface area (Å²) in [5.41, 5.74) is 0. The van der Waals surface area contributed by atoms with Crippen molar-refractivity contribution in [1.82, 2.24) is 0 Å². The molecular weight excluding hydrogens is 272 g/mol. The van der Waals surface area contributed by atoms with Crippen LogP contribution in [-0.2, 0) is 9.53 Å². The zero-order valence-electron chi connectivity index (χ0n) is 14.7. The standard InChI is InChI=1S/C20H36O2/c1-3-5-7-9-11-12-14-16-18-20(21)22-19-17-15-13-10-8-6-4-2/h3,6,8H,1,4-5,7,9-19H2,2H3. The maximum Gasteiger partial charge on any atom is 0.305 e. The second-order valence-corrected chi connectivity index (χ2v) is 5.90. The third-order valence-corrected chi connectivity index (χ3v) is 3.72. The van der Waals surface area contributed by atoms with Gasteiger partial charge in [0.25, 0.3) is 0 Å². The van der Waals surface area contributed by atoms with Crippen LogP contribution >= 0.6 is 0 Å². The first-order valence-corrected chi connectivity index (χ1v) is 9.22. The van der Waals surface area contributed by atoms with Gasteiger partial charge in [0.1, 0.15) is 0 Å². The zero-order valence-corrected chi connectivity index (χ0v) is 14.7. The molecule has 2 heteroatoms. The summed E-state index contributed by atoms with van der Waals surface area (Å²) in [5.74, 6) is -0.0162. The van der Waals surface area contributed by atoms with E-state index in [9.17, 15) is 4.79 Å². The molecule has 0 radical (unpaired) electrons. The van der Waals surface area contributed by atoms with Crippen LogP contribution in [0.1, 0.15) is 90.4 Å². The SMILES string of the molecule is C=CCCCCCCCCC(=O)OCCCCCC=CCC. The largest absolute Gasteiger partial charge is 0.466 e. The molecule has 128 valence electrons. The van der Waals surface area contributed by atoms with E-state index in [0.717, 1.165) is 44.9 Å². The van der Waals surface area contributed by atoms with Gasteiger partial charge in [0, 0.05) is 6.42 Å². The van der Waals surface area contributed by atoms with Crippen molar-refractivity contribution in [3.63, 3.8) is 0 Å². The van der Waals surface area contributed by atoms with E-state index in [-0.39, 0.29) is 5.97 Å². The van der Waals surface area contributed by atoms with Crippen molar-refractivity contribution in [2.45, 2.75) is 90.4 Å². The van der Waals surface area contributed by atoms with Gasteiger partial charge in [-0.2, -0.15) is 0 Å². The number of unbranched alkanes of at least 4 members (excludes halogenated alkanes) is 9. The smallest absolute Gasteiger partial charge is 0.305 e. The summed E-state index contributed by atoms with van der Waals surface area (Å²) < 4.78 is 5.26. The van der Waals surface area contributed by atoms with Crippen LogP contribution in [0.4, 0.5) is 0 Å². The molecule has 0 aliphatic rings. The monoisotopic (exact) mass is 308 g/mol. The Labute approximate surface area is 138 Å². The van der Waals surface area contributed by atoms with E-state index >= 15 is 0 Å². The highest BCUT2D eigenvalue weighted by atomic mass is 16.5. The first kappa shape index (κ1) is 20.9. The quantitative estimate of drug-likeness (QED) is 0.188. The van der Waals surface area contributed by atoms with Gasteiger partial charge in [-0.15, -0.1) is 6.58 Å². The van der Waals surface area contributed by atoms with Gasteiger partial charge < -0.3 is 4.74 Å².